The number of Topliss-reactive ketones (excluding diaryl/α,β-unsaturated/α-hetero) is 1. The van der Waals surface area contributed by atoms with Crippen LogP contribution in [0.25, 0.3) is 0 Å². The number of rotatable bonds is 10. The smallest absolute Gasteiger partial charge is 0.135 e. The van der Waals surface area contributed by atoms with Crippen LogP contribution in [0.15, 0.2) is 30.3 Å². The molecule has 21 heavy (non-hydrogen) atoms. The number of unbranched alkanes of at least 4 members (excludes halogenated alkanes) is 2. The Balaban J connectivity index is 2.62. The van der Waals surface area contributed by atoms with E-state index in [1.807, 2.05) is 30.3 Å². The molecule has 0 aromatic heterocycles. The first-order valence-corrected chi connectivity index (χ1v) is 7.83. The van der Waals surface area contributed by atoms with Crippen molar-refractivity contribution in [2.45, 2.75) is 64.6 Å². The molecule has 0 bridgehead atoms. The van der Waals surface area contributed by atoms with E-state index >= 15 is 0 Å². The van der Waals surface area contributed by atoms with Gasteiger partial charge >= 0.3 is 0 Å². The fourth-order valence-electron chi connectivity index (χ4n) is 2.13. The molecule has 0 saturated carbocycles. The lowest BCUT2D eigenvalue weighted by molar-refractivity contribution is -0.124. The molecular weight excluding hydrogens is 264 g/mol. The number of aliphatic hydroxyl groups is 1. The molecule has 1 aromatic carbocycles. The molecule has 1 atom stereocenters. The van der Waals surface area contributed by atoms with Crippen LogP contribution >= 0.6 is 0 Å². The summed E-state index contributed by atoms with van der Waals surface area (Å²) in [6.45, 7) is 5.76. The molecule has 0 aliphatic rings. The van der Waals surface area contributed by atoms with E-state index in [9.17, 15) is 9.90 Å². The number of ketones is 1. The van der Waals surface area contributed by atoms with Gasteiger partial charge in [0, 0.05) is 12.8 Å². The first-order valence-electron chi connectivity index (χ1n) is 7.83. The van der Waals surface area contributed by atoms with Crippen molar-refractivity contribution in [1.29, 1.82) is 0 Å². The summed E-state index contributed by atoms with van der Waals surface area (Å²) in [7, 11) is 0. The monoisotopic (exact) mass is 292 g/mol. The lowest BCUT2D eigenvalue weighted by Crippen LogP contribution is -2.27. The van der Waals surface area contributed by atoms with Gasteiger partial charge in [0.05, 0.1) is 18.3 Å². The van der Waals surface area contributed by atoms with Crippen LogP contribution < -0.4 is 0 Å². The molecule has 1 aromatic rings. The Morgan fingerprint density at radius 1 is 1.24 bits per heavy atom. The Kier molecular flexibility index (Phi) is 7.62. The third-order valence-corrected chi connectivity index (χ3v) is 3.28. The maximum absolute atomic E-state index is 12.1. The quantitative estimate of drug-likeness (QED) is 0.662. The van der Waals surface area contributed by atoms with Crippen LogP contribution in [0.1, 0.15) is 64.5 Å². The minimum absolute atomic E-state index is 0.217. The average Bonchev–Trinajstić information content (AvgIpc) is 2.43. The normalized spacial score (nSPS) is 13.1. The zero-order valence-electron chi connectivity index (χ0n) is 13.5. The standard InChI is InChI=1S/C18H28O3/c1-4-5-7-12-16(19)13-17(21-14-18(2,3)20)15-10-8-6-9-11-15/h6,8-11,17,20H,4-5,7,12-14H2,1-3H3. The lowest BCUT2D eigenvalue weighted by Gasteiger charge is -2.23. The number of carbonyl (C=O) groups is 1. The minimum Gasteiger partial charge on any atom is -0.388 e. The van der Waals surface area contributed by atoms with Gasteiger partial charge in [-0.15, -0.1) is 0 Å². The predicted octanol–water partition coefficient (Wildman–Crippen LogP) is 4.05. The highest BCUT2D eigenvalue weighted by Crippen LogP contribution is 2.24. The van der Waals surface area contributed by atoms with Crippen LogP contribution in [-0.4, -0.2) is 23.1 Å². The van der Waals surface area contributed by atoms with Crippen molar-refractivity contribution in [2.24, 2.45) is 0 Å². The molecule has 1 unspecified atom stereocenters. The second-order valence-corrected chi connectivity index (χ2v) is 6.22. The third-order valence-electron chi connectivity index (χ3n) is 3.28. The molecule has 1 rings (SSSR count). The molecule has 0 fully saturated rings. The Morgan fingerprint density at radius 3 is 2.48 bits per heavy atom. The molecule has 118 valence electrons. The predicted molar refractivity (Wildman–Crippen MR) is 85.2 cm³/mol. The number of hydrogen-bond acceptors (Lipinski definition) is 3. The molecular formula is C18H28O3. The van der Waals surface area contributed by atoms with Crippen molar-refractivity contribution in [1.82, 2.24) is 0 Å². The topological polar surface area (TPSA) is 46.5 Å². The van der Waals surface area contributed by atoms with Gasteiger partial charge in [0.1, 0.15) is 5.78 Å². The van der Waals surface area contributed by atoms with E-state index in [0.717, 1.165) is 24.8 Å². The van der Waals surface area contributed by atoms with Crippen LogP contribution in [0, 0.1) is 0 Å². The summed E-state index contributed by atoms with van der Waals surface area (Å²) < 4.78 is 5.80. The molecule has 3 heteroatoms. The van der Waals surface area contributed by atoms with Crippen molar-refractivity contribution in [3.8, 4) is 0 Å². The number of benzene rings is 1. The number of carbonyl (C=O) groups excluding carboxylic acids is 1. The van der Waals surface area contributed by atoms with Gasteiger partial charge in [0.15, 0.2) is 0 Å². The molecule has 0 spiro atoms. The van der Waals surface area contributed by atoms with E-state index in [0.29, 0.717) is 12.8 Å². The van der Waals surface area contributed by atoms with Gasteiger partial charge < -0.3 is 9.84 Å². The highest BCUT2D eigenvalue weighted by atomic mass is 16.5. The van der Waals surface area contributed by atoms with E-state index in [1.54, 1.807) is 13.8 Å². The van der Waals surface area contributed by atoms with Crippen molar-refractivity contribution in [2.75, 3.05) is 6.61 Å². The molecule has 1 N–H and O–H groups in total. The summed E-state index contributed by atoms with van der Waals surface area (Å²) in [6.07, 6.45) is 3.87. The van der Waals surface area contributed by atoms with Gasteiger partial charge in [0.2, 0.25) is 0 Å². The zero-order chi connectivity index (χ0) is 15.7. The van der Waals surface area contributed by atoms with Gasteiger partial charge in [-0.1, -0.05) is 50.1 Å². The van der Waals surface area contributed by atoms with Crippen molar-refractivity contribution in [3.63, 3.8) is 0 Å². The van der Waals surface area contributed by atoms with Crippen LogP contribution in [-0.2, 0) is 9.53 Å². The van der Waals surface area contributed by atoms with Crippen LogP contribution in [0.5, 0.6) is 0 Å². The molecule has 3 nitrogen and oxygen atoms in total. The number of hydrogen-bond donors (Lipinski definition) is 1. The van der Waals surface area contributed by atoms with Crippen molar-refractivity contribution < 1.29 is 14.6 Å². The minimum atomic E-state index is -0.891. The maximum Gasteiger partial charge on any atom is 0.135 e. The van der Waals surface area contributed by atoms with Crippen LogP contribution in [0.3, 0.4) is 0 Å². The van der Waals surface area contributed by atoms with Gasteiger partial charge in [-0.05, 0) is 25.8 Å². The zero-order valence-corrected chi connectivity index (χ0v) is 13.5. The Hall–Kier alpha value is -1.19. The summed E-state index contributed by atoms with van der Waals surface area (Å²) in [5.41, 5.74) is 0.101. The summed E-state index contributed by atoms with van der Waals surface area (Å²) in [6, 6.07) is 9.76. The summed E-state index contributed by atoms with van der Waals surface area (Å²) in [5.74, 6) is 0.230. The van der Waals surface area contributed by atoms with Gasteiger partial charge in [-0.3, -0.25) is 4.79 Å². The first kappa shape index (κ1) is 17.9. The molecule has 0 heterocycles. The summed E-state index contributed by atoms with van der Waals surface area (Å²) >= 11 is 0. The first-order chi connectivity index (χ1) is 9.92. The second-order valence-electron chi connectivity index (χ2n) is 6.22. The third kappa shape index (κ3) is 7.98. The van der Waals surface area contributed by atoms with E-state index in [-0.39, 0.29) is 18.5 Å². The highest BCUT2D eigenvalue weighted by Gasteiger charge is 2.20. The van der Waals surface area contributed by atoms with E-state index in [2.05, 4.69) is 6.92 Å². The Bertz CT molecular complexity index is 406. The Morgan fingerprint density at radius 2 is 1.90 bits per heavy atom. The van der Waals surface area contributed by atoms with Crippen LogP contribution in [0.4, 0.5) is 0 Å². The molecule has 0 amide bonds. The average molecular weight is 292 g/mol. The van der Waals surface area contributed by atoms with Crippen molar-refractivity contribution >= 4 is 5.78 Å². The molecule has 0 aliphatic carbocycles. The van der Waals surface area contributed by atoms with Crippen LogP contribution in [0.2, 0.25) is 0 Å². The van der Waals surface area contributed by atoms with Gasteiger partial charge in [-0.25, -0.2) is 0 Å². The summed E-state index contributed by atoms with van der Waals surface area (Å²) in [4.78, 5) is 12.1. The maximum atomic E-state index is 12.1. The Labute approximate surface area is 128 Å². The van der Waals surface area contributed by atoms with Crippen molar-refractivity contribution in [3.05, 3.63) is 35.9 Å². The number of ether oxygens (including phenoxy) is 1. The molecule has 0 aliphatic heterocycles. The largest absolute Gasteiger partial charge is 0.388 e. The summed E-state index contributed by atoms with van der Waals surface area (Å²) in [5, 5.41) is 9.81. The molecule has 0 saturated heterocycles. The SMILES string of the molecule is CCCCCC(=O)CC(OCC(C)(C)O)c1ccccc1. The molecule has 0 radical (unpaired) electrons. The van der Waals surface area contributed by atoms with E-state index in [4.69, 9.17) is 4.74 Å². The van der Waals surface area contributed by atoms with Gasteiger partial charge in [-0.2, -0.15) is 0 Å². The van der Waals surface area contributed by atoms with E-state index < -0.39 is 5.60 Å². The second kappa shape index (κ2) is 8.96. The fraction of sp³-hybridized carbons (Fsp3) is 0.611. The lowest BCUT2D eigenvalue weighted by atomic mass is 10.0. The van der Waals surface area contributed by atoms with Gasteiger partial charge in [0.25, 0.3) is 0 Å². The highest BCUT2D eigenvalue weighted by molar-refractivity contribution is 5.79. The van der Waals surface area contributed by atoms with E-state index in [1.165, 1.54) is 0 Å². The fourth-order valence-corrected chi connectivity index (χ4v) is 2.13.